The van der Waals surface area contributed by atoms with Crippen LogP contribution >= 0.6 is 0 Å². The molecule has 11 heteroatoms. The second kappa shape index (κ2) is 13.9. The number of ether oxygens (including phenoxy) is 9. The van der Waals surface area contributed by atoms with Gasteiger partial charge >= 0.3 is 0 Å². The molecule has 0 amide bonds. The predicted molar refractivity (Wildman–Crippen MR) is 156 cm³/mol. The monoisotopic (exact) mass is 622 g/mol. The minimum atomic E-state index is -1.29. The van der Waals surface area contributed by atoms with Crippen LogP contribution in [0.3, 0.4) is 0 Å². The fourth-order valence-electron chi connectivity index (χ4n) is 6.27. The molecule has 7 rings (SSSR count). The topological polar surface area (TPSA) is 124 Å². The Labute approximate surface area is 261 Å². The summed E-state index contributed by atoms with van der Waals surface area (Å²) in [7, 11) is 1.50. The van der Waals surface area contributed by atoms with Crippen LogP contribution in [0.4, 0.5) is 0 Å². The number of hydrogen-bond acceptors (Lipinski definition) is 11. The molecule has 4 heterocycles. The Morgan fingerprint density at radius 2 is 1.11 bits per heavy atom. The van der Waals surface area contributed by atoms with Crippen LogP contribution in [-0.2, 0) is 49.2 Å². The number of hydrogen-bond donors (Lipinski definition) is 2. The highest BCUT2D eigenvalue weighted by Crippen LogP contribution is 2.39. The van der Waals surface area contributed by atoms with E-state index >= 15 is 0 Å². The number of rotatable bonds is 8. The summed E-state index contributed by atoms with van der Waals surface area (Å²) in [4.78, 5) is 0. The Balaban J connectivity index is 1.10. The van der Waals surface area contributed by atoms with Crippen LogP contribution in [0, 0.1) is 0 Å². The smallest absolute Gasteiger partial charge is 0.187 e. The molecule has 4 aliphatic rings. The number of methoxy groups -OCH3 is 1. The molecule has 6 unspecified atom stereocenters. The van der Waals surface area contributed by atoms with E-state index in [4.69, 9.17) is 42.6 Å². The summed E-state index contributed by atoms with van der Waals surface area (Å²) in [6.07, 6.45) is -10.6. The fraction of sp³-hybridized carbons (Fsp3) is 0.471. The van der Waals surface area contributed by atoms with Gasteiger partial charge in [-0.2, -0.15) is 0 Å². The van der Waals surface area contributed by atoms with Gasteiger partial charge in [-0.25, -0.2) is 0 Å². The molecule has 0 radical (unpaired) electrons. The van der Waals surface area contributed by atoms with Crippen molar-refractivity contribution in [2.75, 3.05) is 20.3 Å². The van der Waals surface area contributed by atoms with Crippen molar-refractivity contribution in [3.05, 3.63) is 108 Å². The van der Waals surface area contributed by atoms with Crippen molar-refractivity contribution in [2.45, 2.75) is 80.6 Å². The van der Waals surface area contributed by atoms with Gasteiger partial charge in [0.25, 0.3) is 0 Å². The number of aliphatic hydroxyl groups is 2. The van der Waals surface area contributed by atoms with Gasteiger partial charge in [-0.3, -0.25) is 0 Å². The summed E-state index contributed by atoms with van der Waals surface area (Å²) in [5, 5.41) is 23.1. The van der Waals surface area contributed by atoms with Gasteiger partial charge < -0.3 is 52.8 Å². The van der Waals surface area contributed by atoms with Crippen LogP contribution in [-0.4, -0.2) is 91.9 Å². The fourth-order valence-corrected chi connectivity index (χ4v) is 6.27. The molecule has 4 fully saturated rings. The van der Waals surface area contributed by atoms with Crippen molar-refractivity contribution in [1.82, 2.24) is 0 Å². The first-order chi connectivity index (χ1) is 22.1. The highest BCUT2D eigenvalue weighted by molar-refractivity contribution is 5.18. The third-order valence-electron chi connectivity index (χ3n) is 8.58. The second-order valence-electron chi connectivity index (χ2n) is 11.5. The molecule has 45 heavy (non-hydrogen) atoms. The van der Waals surface area contributed by atoms with Crippen molar-refractivity contribution in [3.8, 4) is 0 Å². The number of benzene rings is 3. The van der Waals surface area contributed by atoms with E-state index < -0.39 is 74.0 Å². The Morgan fingerprint density at radius 1 is 0.622 bits per heavy atom. The zero-order chi connectivity index (χ0) is 30.8. The third kappa shape index (κ3) is 6.57. The molecule has 240 valence electrons. The van der Waals surface area contributed by atoms with Gasteiger partial charge in [0.05, 0.1) is 19.8 Å². The minimum Gasteiger partial charge on any atom is -0.385 e. The molecule has 2 N–H and O–H groups in total. The Morgan fingerprint density at radius 3 is 1.67 bits per heavy atom. The minimum absolute atomic E-state index is 0.171. The predicted octanol–water partition coefficient (Wildman–Crippen LogP) is 3.00. The lowest BCUT2D eigenvalue weighted by Crippen LogP contribution is -2.67. The average molecular weight is 623 g/mol. The van der Waals surface area contributed by atoms with Gasteiger partial charge in [-0.05, 0) is 5.56 Å². The van der Waals surface area contributed by atoms with Crippen molar-refractivity contribution >= 4 is 0 Å². The van der Waals surface area contributed by atoms with E-state index in [1.807, 2.05) is 91.0 Å². The molecule has 0 aromatic heterocycles. The van der Waals surface area contributed by atoms with Gasteiger partial charge in [0, 0.05) is 18.2 Å². The summed E-state index contributed by atoms with van der Waals surface area (Å²) >= 11 is 0. The highest BCUT2D eigenvalue weighted by Gasteiger charge is 2.55. The Hall–Kier alpha value is -2.78. The van der Waals surface area contributed by atoms with Crippen LogP contribution in [0.1, 0.15) is 29.3 Å². The van der Waals surface area contributed by atoms with E-state index in [0.29, 0.717) is 0 Å². The van der Waals surface area contributed by atoms with E-state index in [9.17, 15) is 10.2 Å². The van der Waals surface area contributed by atoms with Crippen LogP contribution in [0.25, 0.3) is 0 Å². The molecule has 4 aliphatic heterocycles. The van der Waals surface area contributed by atoms with Crippen LogP contribution in [0.15, 0.2) is 91.0 Å². The van der Waals surface area contributed by atoms with Crippen molar-refractivity contribution < 1.29 is 52.8 Å². The third-order valence-corrected chi connectivity index (χ3v) is 8.58. The van der Waals surface area contributed by atoms with Crippen molar-refractivity contribution in [3.63, 3.8) is 0 Å². The van der Waals surface area contributed by atoms with Gasteiger partial charge in [0.15, 0.2) is 25.2 Å². The molecular weight excluding hydrogens is 584 g/mol. The largest absolute Gasteiger partial charge is 0.385 e. The van der Waals surface area contributed by atoms with E-state index in [1.54, 1.807) is 0 Å². The first kappa shape index (κ1) is 30.9. The summed E-state index contributed by atoms with van der Waals surface area (Å²) < 4.78 is 55.2. The van der Waals surface area contributed by atoms with Crippen molar-refractivity contribution in [1.29, 1.82) is 0 Å². The Bertz CT molecular complexity index is 1350. The SMILES string of the molecule is CO[C@@H]1C(O)[C@H](O[C@@H]2C(O)[C@H](OCc3ccccc3)OC3COC(c4ccccc4)O[C@@H]32)OC2COC(c3ccccc3)O[C@@H]21. The van der Waals surface area contributed by atoms with Crippen molar-refractivity contribution in [2.24, 2.45) is 0 Å². The van der Waals surface area contributed by atoms with Crippen LogP contribution in [0.5, 0.6) is 0 Å². The zero-order valence-corrected chi connectivity index (χ0v) is 24.8. The van der Waals surface area contributed by atoms with E-state index in [1.165, 1.54) is 7.11 Å². The highest BCUT2D eigenvalue weighted by atomic mass is 16.8. The maximum atomic E-state index is 11.6. The van der Waals surface area contributed by atoms with Gasteiger partial charge in [-0.15, -0.1) is 0 Å². The maximum absolute atomic E-state index is 11.6. The van der Waals surface area contributed by atoms with Crippen LogP contribution < -0.4 is 0 Å². The van der Waals surface area contributed by atoms with E-state index in [0.717, 1.165) is 16.7 Å². The maximum Gasteiger partial charge on any atom is 0.187 e. The molecule has 0 aliphatic carbocycles. The Kier molecular flexibility index (Phi) is 9.54. The van der Waals surface area contributed by atoms with Gasteiger partial charge in [0.1, 0.15) is 48.8 Å². The number of aliphatic hydroxyl groups excluding tert-OH is 2. The first-order valence-corrected chi connectivity index (χ1v) is 15.2. The van der Waals surface area contributed by atoms with Gasteiger partial charge in [0.2, 0.25) is 0 Å². The molecule has 11 nitrogen and oxygen atoms in total. The van der Waals surface area contributed by atoms with Crippen LogP contribution in [0.2, 0.25) is 0 Å². The molecule has 12 atom stereocenters. The summed E-state index contributed by atoms with van der Waals surface area (Å²) in [5.74, 6) is 0. The quantitative estimate of drug-likeness (QED) is 0.386. The summed E-state index contributed by atoms with van der Waals surface area (Å²) in [5.41, 5.74) is 2.58. The number of fused-ring (bicyclic) bond motifs is 2. The molecule has 0 spiro atoms. The standard InChI is InChI=1S/C34H38O11/c1-37-29-25(35)34(42-23-18-39-31(43-27(23)29)21-13-7-3-8-14-21)45-30-26(36)33(38-17-20-11-5-2-6-12-20)41-24-19-40-32(44-28(24)30)22-15-9-4-10-16-22/h2-16,23-36H,17-19H2,1H3/t23?,24?,25?,26?,27-,28-,29+,30+,31?,32?,33+,34-/m0/s1. The molecule has 0 bridgehead atoms. The lowest BCUT2D eigenvalue weighted by atomic mass is 9.95. The lowest BCUT2D eigenvalue weighted by molar-refractivity contribution is -0.406. The summed E-state index contributed by atoms with van der Waals surface area (Å²) in [6.45, 7) is 0.558. The molecule has 4 saturated heterocycles. The molecule has 3 aromatic carbocycles. The molecular formula is C34H38O11. The lowest BCUT2D eigenvalue weighted by Gasteiger charge is -2.51. The molecule has 0 saturated carbocycles. The zero-order valence-electron chi connectivity index (χ0n) is 24.8. The van der Waals surface area contributed by atoms with Gasteiger partial charge in [-0.1, -0.05) is 91.0 Å². The average Bonchev–Trinajstić information content (AvgIpc) is 3.10. The van der Waals surface area contributed by atoms with E-state index in [2.05, 4.69) is 0 Å². The molecule has 3 aromatic rings. The first-order valence-electron chi connectivity index (χ1n) is 15.2. The summed E-state index contributed by atoms with van der Waals surface area (Å²) in [6, 6.07) is 28.6. The van der Waals surface area contributed by atoms with E-state index in [-0.39, 0.29) is 19.8 Å². The second-order valence-corrected chi connectivity index (χ2v) is 11.5. The normalized spacial score (nSPS) is 38.2.